The van der Waals surface area contributed by atoms with Crippen molar-refractivity contribution in [2.75, 3.05) is 0 Å². The van der Waals surface area contributed by atoms with E-state index in [1.54, 1.807) is 6.08 Å². The lowest BCUT2D eigenvalue weighted by molar-refractivity contribution is -0.104. The summed E-state index contributed by atoms with van der Waals surface area (Å²) in [5.41, 5.74) is 0. The maximum absolute atomic E-state index is 9.97. The largest absolute Gasteiger partial charge is 0.299 e. The van der Waals surface area contributed by atoms with Crippen LogP contribution >= 0.6 is 0 Å². The molecule has 0 aromatic carbocycles. The highest BCUT2D eigenvalue weighted by molar-refractivity contribution is 5.65. The Kier molecular flexibility index (Phi) is 13.9. The lowest BCUT2D eigenvalue weighted by Gasteiger charge is -1.98. The van der Waals surface area contributed by atoms with Crippen LogP contribution in [0.15, 0.2) is 36.5 Å². The molecule has 0 aliphatic heterocycles. The van der Waals surface area contributed by atoms with Gasteiger partial charge in [0.15, 0.2) is 0 Å². The molecule has 0 aliphatic rings. The van der Waals surface area contributed by atoms with Gasteiger partial charge in [0.25, 0.3) is 0 Å². The van der Waals surface area contributed by atoms with E-state index < -0.39 is 0 Å². The molecule has 0 radical (unpaired) electrons. The zero-order chi connectivity index (χ0) is 12.6. The Balaban J connectivity index is 3.21. The van der Waals surface area contributed by atoms with Crippen molar-refractivity contribution in [3.8, 4) is 0 Å². The van der Waals surface area contributed by atoms with Gasteiger partial charge in [0.1, 0.15) is 6.29 Å². The molecule has 0 saturated heterocycles. The summed E-state index contributed by atoms with van der Waals surface area (Å²) in [6, 6.07) is 0. The van der Waals surface area contributed by atoms with E-state index in [-0.39, 0.29) is 0 Å². The van der Waals surface area contributed by atoms with Crippen LogP contribution in [0, 0.1) is 0 Å². The Bertz CT molecular complexity index is 236. The first-order valence-corrected chi connectivity index (χ1v) is 6.85. The molecule has 0 rings (SSSR count). The van der Waals surface area contributed by atoms with Crippen molar-refractivity contribution < 1.29 is 4.79 Å². The number of aldehydes is 1. The van der Waals surface area contributed by atoms with Crippen LogP contribution in [0.4, 0.5) is 0 Å². The fraction of sp³-hybridized carbons (Fsp3) is 0.562. The molecule has 0 fully saturated rings. The molecular weight excluding hydrogens is 208 g/mol. The molecule has 0 unspecified atom stereocenters. The molecule has 0 spiro atoms. The second kappa shape index (κ2) is 14.9. The maximum atomic E-state index is 9.97. The van der Waals surface area contributed by atoms with Gasteiger partial charge >= 0.3 is 0 Å². The quantitative estimate of drug-likeness (QED) is 0.213. The molecule has 0 atom stereocenters. The van der Waals surface area contributed by atoms with Gasteiger partial charge in [-0.1, -0.05) is 75.8 Å². The molecule has 0 amide bonds. The van der Waals surface area contributed by atoms with E-state index >= 15 is 0 Å². The molecule has 0 aliphatic carbocycles. The highest BCUT2D eigenvalue weighted by Gasteiger charge is 1.88. The average molecular weight is 234 g/mol. The summed E-state index contributed by atoms with van der Waals surface area (Å²) < 4.78 is 0. The number of allylic oxidation sites excluding steroid dienone is 6. The van der Waals surface area contributed by atoms with Crippen LogP contribution in [-0.2, 0) is 4.79 Å². The number of rotatable bonds is 11. The molecule has 0 N–H and O–H groups in total. The highest BCUT2D eigenvalue weighted by atomic mass is 16.1. The van der Waals surface area contributed by atoms with Crippen molar-refractivity contribution in [1.82, 2.24) is 0 Å². The Hall–Kier alpha value is -1.11. The fourth-order valence-electron chi connectivity index (χ4n) is 1.63. The van der Waals surface area contributed by atoms with Gasteiger partial charge in [-0.15, -0.1) is 0 Å². The normalized spacial score (nSPS) is 12.1. The monoisotopic (exact) mass is 234 g/mol. The first kappa shape index (κ1) is 15.9. The topological polar surface area (TPSA) is 17.1 Å². The molecule has 1 heteroatoms. The summed E-state index contributed by atoms with van der Waals surface area (Å²) in [6.07, 6.45) is 22.8. The Morgan fingerprint density at radius 3 is 2.00 bits per heavy atom. The summed E-state index contributed by atoms with van der Waals surface area (Å²) in [7, 11) is 0. The second-order valence-electron chi connectivity index (χ2n) is 4.24. The third-order valence-corrected chi connectivity index (χ3v) is 2.63. The summed E-state index contributed by atoms with van der Waals surface area (Å²) in [6.45, 7) is 2.25. The Labute approximate surface area is 106 Å². The van der Waals surface area contributed by atoms with E-state index in [0.717, 1.165) is 12.7 Å². The zero-order valence-corrected chi connectivity index (χ0v) is 11.1. The van der Waals surface area contributed by atoms with Crippen LogP contribution in [0.25, 0.3) is 0 Å². The van der Waals surface area contributed by atoms with Crippen LogP contribution in [0.1, 0.15) is 58.3 Å². The first-order chi connectivity index (χ1) is 8.41. The number of carbonyl (C=O) groups is 1. The van der Waals surface area contributed by atoms with Crippen LogP contribution in [0.2, 0.25) is 0 Å². The minimum Gasteiger partial charge on any atom is -0.299 e. The number of unbranched alkanes of at least 4 members (excludes halogenated alkanes) is 7. The summed E-state index contributed by atoms with van der Waals surface area (Å²) in [5, 5.41) is 0. The molecule has 17 heavy (non-hydrogen) atoms. The lowest BCUT2D eigenvalue weighted by Crippen LogP contribution is -1.78. The van der Waals surface area contributed by atoms with Crippen LogP contribution in [0.5, 0.6) is 0 Å². The van der Waals surface area contributed by atoms with Gasteiger partial charge in [0.05, 0.1) is 0 Å². The predicted octanol–water partition coefficient (Wildman–Crippen LogP) is 4.99. The van der Waals surface area contributed by atoms with Gasteiger partial charge in [-0.25, -0.2) is 0 Å². The second-order valence-corrected chi connectivity index (χ2v) is 4.24. The SMILES string of the molecule is CCCCCCCCC\C=C/C=C\C=C/C=O. The number of hydrogen-bond donors (Lipinski definition) is 0. The molecule has 1 nitrogen and oxygen atoms in total. The lowest BCUT2D eigenvalue weighted by atomic mass is 10.1. The van der Waals surface area contributed by atoms with E-state index in [0.29, 0.717) is 0 Å². The molecular formula is C16H26O. The van der Waals surface area contributed by atoms with Crippen molar-refractivity contribution in [3.63, 3.8) is 0 Å². The van der Waals surface area contributed by atoms with Crippen molar-refractivity contribution in [2.45, 2.75) is 58.3 Å². The van der Waals surface area contributed by atoms with Gasteiger partial charge in [-0.3, -0.25) is 4.79 Å². The van der Waals surface area contributed by atoms with Crippen LogP contribution in [-0.4, -0.2) is 6.29 Å². The van der Waals surface area contributed by atoms with Crippen molar-refractivity contribution in [2.24, 2.45) is 0 Å². The minimum absolute atomic E-state index is 0.784. The number of hydrogen-bond acceptors (Lipinski definition) is 1. The summed E-state index contributed by atoms with van der Waals surface area (Å²) in [4.78, 5) is 9.97. The smallest absolute Gasteiger partial charge is 0.142 e. The first-order valence-electron chi connectivity index (χ1n) is 6.85. The van der Waals surface area contributed by atoms with Gasteiger partial charge in [0, 0.05) is 0 Å². The van der Waals surface area contributed by atoms with Gasteiger partial charge < -0.3 is 0 Å². The standard InChI is InChI=1S/C16H26O/c1-2-3-4-5-6-7-8-9-10-11-12-13-14-15-16-17/h10-16H,2-9H2,1H3/b11-10-,13-12-,15-14-. The van der Waals surface area contributed by atoms with Crippen molar-refractivity contribution in [3.05, 3.63) is 36.5 Å². The van der Waals surface area contributed by atoms with Gasteiger partial charge in [-0.05, 0) is 18.9 Å². The molecule has 0 heterocycles. The zero-order valence-electron chi connectivity index (χ0n) is 11.1. The average Bonchev–Trinajstić information content (AvgIpc) is 2.35. The van der Waals surface area contributed by atoms with E-state index in [1.165, 1.54) is 51.0 Å². The highest BCUT2D eigenvalue weighted by Crippen LogP contribution is 2.08. The molecule has 0 aromatic heterocycles. The molecule has 0 bridgehead atoms. The predicted molar refractivity (Wildman–Crippen MR) is 76.1 cm³/mol. The van der Waals surface area contributed by atoms with Crippen molar-refractivity contribution >= 4 is 6.29 Å². The molecule has 96 valence electrons. The molecule has 0 aromatic rings. The summed E-state index contributed by atoms with van der Waals surface area (Å²) in [5.74, 6) is 0. The van der Waals surface area contributed by atoms with Crippen molar-refractivity contribution in [1.29, 1.82) is 0 Å². The fourth-order valence-corrected chi connectivity index (χ4v) is 1.63. The van der Waals surface area contributed by atoms with E-state index in [9.17, 15) is 4.79 Å². The Morgan fingerprint density at radius 2 is 1.29 bits per heavy atom. The van der Waals surface area contributed by atoms with E-state index in [1.807, 2.05) is 18.2 Å². The van der Waals surface area contributed by atoms with Crippen LogP contribution < -0.4 is 0 Å². The third kappa shape index (κ3) is 14.9. The number of carbonyl (C=O) groups excluding carboxylic acids is 1. The van der Waals surface area contributed by atoms with E-state index in [4.69, 9.17) is 0 Å². The Morgan fingerprint density at radius 1 is 0.706 bits per heavy atom. The molecule has 0 saturated carbocycles. The van der Waals surface area contributed by atoms with Crippen LogP contribution in [0.3, 0.4) is 0 Å². The third-order valence-electron chi connectivity index (χ3n) is 2.63. The van der Waals surface area contributed by atoms with Gasteiger partial charge in [0.2, 0.25) is 0 Å². The van der Waals surface area contributed by atoms with Gasteiger partial charge in [-0.2, -0.15) is 0 Å². The van der Waals surface area contributed by atoms with E-state index in [2.05, 4.69) is 13.0 Å². The summed E-state index contributed by atoms with van der Waals surface area (Å²) >= 11 is 0. The maximum Gasteiger partial charge on any atom is 0.142 e. The minimum atomic E-state index is 0.784.